The van der Waals surface area contributed by atoms with Crippen LogP contribution in [0.2, 0.25) is 5.02 Å². The number of hydrazone groups is 1. The molecule has 1 heterocycles. The fraction of sp³-hybridized carbons (Fsp3) is 0.0909. The molecule has 0 atom stereocenters. The smallest absolute Gasteiger partial charge is 0.203 e. The number of rotatable bonds is 3. The fourth-order valence-electron chi connectivity index (χ4n) is 1.21. The molecule has 0 radical (unpaired) electrons. The predicted octanol–water partition coefficient (Wildman–Crippen LogP) is 3.40. The van der Waals surface area contributed by atoms with Crippen LogP contribution in [0.15, 0.2) is 22.6 Å². The zero-order valence-electron chi connectivity index (χ0n) is 9.32. The minimum atomic E-state index is -0.599. The number of thiazole rings is 1. The Morgan fingerprint density at radius 3 is 3.00 bits per heavy atom. The highest BCUT2D eigenvalue weighted by molar-refractivity contribution is 7.13. The van der Waals surface area contributed by atoms with Gasteiger partial charge in [-0.1, -0.05) is 11.6 Å². The van der Waals surface area contributed by atoms with Crippen molar-refractivity contribution in [3.8, 4) is 5.75 Å². The molecule has 2 aromatic rings. The van der Waals surface area contributed by atoms with Crippen molar-refractivity contribution in [1.82, 2.24) is 4.98 Å². The van der Waals surface area contributed by atoms with E-state index in [1.165, 1.54) is 23.6 Å². The van der Waals surface area contributed by atoms with Crippen molar-refractivity contribution < 1.29 is 9.50 Å². The van der Waals surface area contributed by atoms with Gasteiger partial charge in [-0.2, -0.15) is 5.10 Å². The van der Waals surface area contributed by atoms with Crippen LogP contribution >= 0.6 is 22.9 Å². The van der Waals surface area contributed by atoms with Crippen molar-refractivity contribution in [2.75, 3.05) is 5.43 Å². The average molecular weight is 286 g/mol. The number of aromatic hydroxyl groups is 1. The van der Waals surface area contributed by atoms with Crippen LogP contribution in [0.4, 0.5) is 9.52 Å². The normalized spacial score (nSPS) is 11.1. The molecule has 0 aliphatic rings. The molecule has 1 aromatic carbocycles. The lowest BCUT2D eigenvalue weighted by atomic mass is 10.2. The molecule has 0 bridgehead atoms. The third-order valence-corrected chi connectivity index (χ3v) is 3.22. The number of anilines is 1. The van der Waals surface area contributed by atoms with Crippen molar-refractivity contribution in [2.45, 2.75) is 6.92 Å². The van der Waals surface area contributed by atoms with Gasteiger partial charge in [0.15, 0.2) is 0 Å². The summed E-state index contributed by atoms with van der Waals surface area (Å²) in [5, 5.41) is 15.6. The summed E-state index contributed by atoms with van der Waals surface area (Å²) in [4.78, 5) is 4.13. The van der Waals surface area contributed by atoms with Gasteiger partial charge in [0.05, 0.1) is 16.9 Å². The monoisotopic (exact) mass is 285 g/mol. The third kappa shape index (κ3) is 2.96. The van der Waals surface area contributed by atoms with Crippen LogP contribution in [0.1, 0.15) is 11.3 Å². The Bertz CT molecular complexity index is 600. The third-order valence-electron chi connectivity index (χ3n) is 2.05. The zero-order valence-corrected chi connectivity index (χ0v) is 10.9. The maximum Gasteiger partial charge on any atom is 0.203 e. The van der Waals surface area contributed by atoms with E-state index in [2.05, 4.69) is 15.5 Å². The van der Waals surface area contributed by atoms with Gasteiger partial charge in [-0.05, 0) is 13.0 Å². The van der Waals surface area contributed by atoms with Gasteiger partial charge in [-0.25, -0.2) is 9.37 Å². The van der Waals surface area contributed by atoms with Gasteiger partial charge in [0, 0.05) is 17.0 Å². The number of hydrogen-bond donors (Lipinski definition) is 2. The van der Waals surface area contributed by atoms with Gasteiger partial charge < -0.3 is 5.11 Å². The number of benzene rings is 1. The fourth-order valence-corrected chi connectivity index (χ4v) is 2.02. The van der Waals surface area contributed by atoms with Crippen LogP contribution in [0.3, 0.4) is 0 Å². The second kappa shape index (κ2) is 5.32. The molecule has 18 heavy (non-hydrogen) atoms. The maximum atomic E-state index is 13.4. The van der Waals surface area contributed by atoms with Crippen molar-refractivity contribution in [3.05, 3.63) is 39.6 Å². The predicted molar refractivity (Wildman–Crippen MR) is 71.1 cm³/mol. The highest BCUT2D eigenvalue weighted by Gasteiger charge is 2.05. The molecular weight excluding hydrogens is 277 g/mol. The summed E-state index contributed by atoms with van der Waals surface area (Å²) in [6.45, 7) is 1.87. The lowest BCUT2D eigenvalue weighted by Crippen LogP contribution is -1.93. The molecule has 0 aliphatic carbocycles. The molecule has 0 unspecified atom stereocenters. The molecule has 0 saturated heterocycles. The van der Waals surface area contributed by atoms with E-state index < -0.39 is 5.82 Å². The van der Waals surface area contributed by atoms with Gasteiger partial charge >= 0.3 is 0 Å². The zero-order chi connectivity index (χ0) is 13.1. The molecule has 4 nitrogen and oxygen atoms in total. The maximum absolute atomic E-state index is 13.4. The molecule has 1 aromatic heterocycles. The summed E-state index contributed by atoms with van der Waals surface area (Å²) in [5.74, 6) is -0.896. The van der Waals surface area contributed by atoms with E-state index in [0.29, 0.717) is 5.13 Å². The number of nitrogens with zero attached hydrogens (tertiary/aromatic N) is 2. The molecule has 0 saturated carbocycles. The Balaban J connectivity index is 2.11. The standard InChI is InChI=1S/C11H9ClFN3OS/c1-6-5-18-11(15-6)16-14-4-7-2-8(12)10(17)3-9(7)13/h2-5,17H,1H3,(H,15,16). The molecule has 0 spiro atoms. The van der Waals surface area contributed by atoms with Crippen LogP contribution in [0.5, 0.6) is 5.75 Å². The van der Waals surface area contributed by atoms with Crippen LogP contribution in [0.25, 0.3) is 0 Å². The Kier molecular flexibility index (Phi) is 3.78. The molecule has 0 amide bonds. The van der Waals surface area contributed by atoms with E-state index in [-0.39, 0.29) is 16.3 Å². The van der Waals surface area contributed by atoms with Gasteiger partial charge in [0.1, 0.15) is 11.6 Å². The number of phenols is 1. The highest BCUT2D eigenvalue weighted by Crippen LogP contribution is 2.25. The lowest BCUT2D eigenvalue weighted by Gasteiger charge is -2.00. The minimum Gasteiger partial charge on any atom is -0.506 e. The van der Waals surface area contributed by atoms with E-state index >= 15 is 0 Å². The Morgan fingerprint density at radius 2 is 2.33 bits per heavy atom. The van der Waals surface area contributed by atoms with Crippen LogP contribution in [-0.4, -0.2) is 16.3 Å². The summed E-state index contributed by atoms with van der Waals surface area (Å²) >= 11 is 7.07. The summed E-state index contributed by atoms with van der Waals surface area (Å²) < 4.78 is 13.4. The summed E-state index contributed by atoms with van der Waals surface area (Å²) in [5.41, 5.74) is 3.74. The van der Waals surface area contributed by atoms with Gasteiger partial charge in [-0.3, -0.25) is 5.43 Å². The first-order valence-corrected chi connectivity index (χ1v) is 6.21. The van der Waals surface area contributed by atoms with Crippen LogP contribution in [0, 0.1) is 12.7 Å². The van der Waals surface area contributed by atoms with E-state index in [0.717, 1.165) is 11.8 Å². The summed E-state index contributed by atoms with van der Waals surface area (Å²) in [6.07, 6.45) is 1.28. The quantitative estimate of drug-likeness (QED) is 0.671. The van der Waals surface area contributed by atoms with Crippen LogP contribution in [-0.2, 0) is 0 Å². The van der Waals surface area contributed by atoms with E-state index in [1.807, 2.05) is 12.3 Å². The first-order chi connectivity index (χ1) is 8.56. The SMILES string of the molecule is Cc1csc(NN=Cc2cc(Cl)c(O)cc2F)n1. The first kappa shape index (κ1) is 12.8. The number of halogens is 2. The number of nitrogens with one attached hydrogen (secondary N) is 1. The topological polar surface area (TPSA) is 57.5 Å². The van der Waals surface area contributed by atoms with Gasteiger partial charge in [0.25, 0.3) is 0 Å². The second-order valence-electron chi connectivity index (χ2n) is 3.49. The lowest BCUT2D eigenvalue weighted by molar-refractivity contribution is 0.469. The Hall–Kier alpha value is -1.66. The van der Waals surface area contributed by atoms with Crippen molar-refractivity contribution in [2.24, 2.45) is 5.10 Å². The second-order valence-corrected chi connectivity index (χ2v) is 4.75. The van der Waals surface area contributed by atoms with E-state index in [1.54, 1.807) is 0 Å². The molecule has 7 heteroatoms. The molecular formula is C11H9ClFN3OS. The number of aryl methyl sites for hydroxylation is 1. The van der Waals surface area contributed by atoms with Gasteiger partial charge in [-0.15, -0.1) is 11.3 Å². The number of phenolic OH excluding ortho intramolecular Hbond substituents is 1. The highest BCUT2D eigenvalue weighted by atomic mass is 35.5. The first-order valence-electron chi connectivity index (χ1n) is 4.95. The Labute approximate surface area is 112 Å². The molecule has 0 aliphatic heterocycles. The van der Waals surface area contributed by atoms with Gasteiger partial charge in [0.2, 0.25) is 5.13 Å². The molecule has 2 rings (SSSR count). The van der Waals surface area contributed by atoms with Crippen molar-refractivity contribution in [3.63, 3.8) is 0 Å². The molecule has 94 valence electrons. The Morgan fingerprint density at radius 1 is 1.56 bits per heavy atom. The van der Waals surface area contributed by atoms with E-state index in [9.17, 15) is 9.50 Å². The summed E-state index contributed by atoms with van der Waals surface area (Å²) in [7, 11) is 0. The largest absolute Gasteiger partial charge is 0.506 e. The molecule has 0 fully saturated rings. The molecule has 2 N–H and O–H groups in total. The van der Waals surface area contributed by atoms with Crippen molar-refractivity contribution in [1.29, 1.82) is 0 Å². The number of aromatic nitrogens is 1. The number of hydrogen-bond acceptors (Lipinski definition) is 5. The van der Waals surface area contributed by atoms with E-state index in [4.69, 9.17) is 11.6 Å². The summed E-state index contributed by atoms with van der Waals surface area (Å²) in [6, 6.07) is 2.24. The average Bonchev–Trinajstić information content (AvgIpc) is 2.71. The minimum absolute atomic E-state index is 0.0722. The van der Waals surface area contributed by atoms with Crippen molar-refractivity contribution >= 4 is 34.3 Å². The van der Waals surface area contributed by atoms with Crippen LogP contribution < -0.4 is 5.43 Å².